The molecule has 4 rings (SSSR count). The number of anilines is 1. The highest BCUT2D eigenvalue weighted by Gasteiger charge is 2.34. The van der Waals surface area contributed by atoms with Crippen molar-refractivity contribution < 1.29 is 9.53 Å². The summed E-state index contributed by atoms with van der Waals surface area (Å²) < 4.78 is 7.18. The van der Waals surface area contributed by atoms with Crippen LogP contribution in [0.3, 0.4) is 0 Å². The highest BCUT2D eigenvalue weighted by atomic mass is 16.5. The minimum Gasteiger partial charge on any atom is -0.496 e. The second-order valence-corrected chi connectivity index (χ2v) is 8.79. The lowest BCUT2D eigenvalue weighted by Gasteiger charge is -2.44. The maximum Gasteiger partial charge on any atom is 0.227 e. The number of rotatable bonds is 5. The van der Waals surface area contributed by atoms with Crippen molar-refractivity contribution in [2.75, 3.05) is 32.1 Å². The van der Waals surface area contributed by atoms with E-state index < -0.39 is 0 Å². The third kappa shape index (κ3) is 3.69. The van der Waals surface area contributed by atoms with Crippen molar-refractivity contribution >= 4 is 17.4 Å². The van der Waals surface area contributed by atoms with Crippen LogP contribution in [-0.4, -0.2) is 63.9 Å². The Balaban J connectivity index is 1.42. The number of hydrogen-bond donors (Lipinski definition) is 0. The molecule has 0 unspecified atom stereocenters. The number of benzene rings is 1. The van der Waals surface area contributed by atoms with Gasteiger partial charge >= 0.3 is 0 Å². The monoisotopic (exact) mass is 408 g/mol. The largest absolute Gasteiger partial charge is 0.496 e. The highest BCUT2D eigenvalue weighted by molar-refractivity contribution is 5.80. The Morgan fingerprint density at radius 3 is 2.60 bits per heavy atom. The molecule has 1 aromatic carbocycles. The second-order valence-electron chi connectivity index (χ2n) is 8.79. The standard InChI is InChI=1S/C22H28N6O2/c1-22(2,3)21-24-23-18-10-11-19(25-28(18)21)27-13-16(14-27)26(4)20(29)12-15-8-6-7-9-17(15)30-5/h6-11,16H,12-14H2,1-5H3. The molecule has 1 saturated heterocycles. The zero-order valence-electron chi connectivity index (χ0n) is 18.2. The molecule has 1 aliphatic heterocycles. The fourth-order valence-corrected chi connectivity index (χ4v) is 3.64. The molecular formula is C22H28N6O2. The van der Waals surface area contributed by atoms with Gasteiger partial charge in [-0.15, -0.1) is 15.3 Å². The van der Waals surface area contributed by atoms with Crippen molar-refractivity contribution in [2.45, 2.75) is 38.6 Å². The molecule has 1 fully saturated rings. The number of carbonyl (C=O) groups is 1. The molecule has 1 amide bonds. The molecule has 0 radical (unpaired) electrons. The van der Waals surface area contributed by atoms with E-state index >= 15 is 0 Å². The van der Waals surface area contributed by atoms with Gasteiger partial charge in [0.2, 0.25) is 5.91 Å². The minimum absolute atomic E-state index is 0.0846. The summed E-state index contributed by atoms with van der Waals surface area (Å²) in [5.74, 6) is 2.53. The number of likely N-dealkylation sites (N-methyl/N-ethyl adjacent to an activating group) is 1. The van der Waals surface area contributed by atoms with Crippen LogP contribution in [0.4, 0.5) is 5.82 Å². The van der Waals surface area contributed by atoms with E-state index in [1.165, 1.54) is 0 Å². The van der Waals surface area contributed by atoms with Crippen LogP contribution in [0.5, 0.6) is 5.75 Å². The number of para-hydroxylation sites is 1. The van der Waals surface area contributed by atoms with E-state index in [-0.39, 0.29) is 17.4 Å². The molecule has 0 N–H and O–H groups in total. The Labute approximate surface area is 176 Å². The molecule has 3 aromatic rings. The molecule has 3 heterocycles. The van der Waals surface area contributed by atoms with E-state index in [9.17, 15) is 4.79 Å². The van der Waals surface area contributed by atoms with E-state index in [1.807, 2.05) is 52.9 Å². The predicted molar refractivity (Wildman–Crippen MR) is 115 cm³/mol. The molecule has 0 aliphatic carbocycles. The van der Waals surface area contributed by atoms with E-state index in [0.717, 1.165) is 41.7 Å². The van der Waals surface area contributed by atoms with Crippen molar-refractivity contribution in [3.8, 4) is 5.75 Å². The maximum absolute atomic E-state index is 12.8. The first-order valence-corrected chi connectivity index (χ1v) is 10.1. The van der Waals surface area contributed by atoms with Gasteiger partial charge in [0.1, 0.15) is 11.6 Å². The molecular weight excluding hydrogens is 380 g/mol. The Hall–Kier alpha value is -3.16. The average molecular weight is 409 g/mol. The summed E-state index contributed by atoms with van der Waals surface area (Å²) in [6.45, 7) is 7.79. The number of carbonyl (C=O) groups excluding carboxylic acids is 1. The van der Waals surface area contributed by atoms with Crippen molar-refractivity contribution in [3.63, 3.8) is 0 Å². The van der Waals surface area contributed by atoms with Crippen molar-refractivity contribution in [1.82, 2.24) is 24.7 Å². The van der Waals surface area contributed by atoms with Crippen molar-refractivity contribution in [1.29, 1.82) is 0 Å². The fraction of sp³-hybridized carbons (Fsp3) is 0.455. The van der Waals surface area contributed by atoms with Crippen LogP contribution in [0, 0.1) is 0 Å². The summed E-state index contributed by atoms with van der Waals surface area (Å²) in [6, 6.07) is 11.7. The molecule has 0 saturated carbocycles. The quantitative estimate of drug-likeness (QED) is 0.645. The second kappa shape index (κ2) is 7.59. The number of amides is 1. The van der Waals surface area contributed by atoms with E-state index in [0.29, 0.717) is 6.42 Å². The van der Waals surface area contributed by atoms with Gasteiger partial charge < -0.3 is 14.5 Å². The van der Waals surface area contributed by atoms with Crippen molar-refractivity contribution in [3.05, 3.63) is 47.8 Å². The molecule has 158 valence electrons. The van der Waals surface area contributed by atoms with E-state index in [4.69, 9.17) is 9.84 Å². The van der Waals surface area contributed by atoms with Gasteiger partial charge in [0, 0.05) is 31.1 Å². The van der Waals surface area contributed by atoms with E-state index in [2.05, 4.69) is 35.9 Å². The van der Waals surface area contributed by atoms with Gasteiger partial charge in [-0.2, -0.15) is 4.52 Å². The number of aromatic nitrogens is 4. The first-order valence-electron chi connectivity index (χ1n) is 10.1. The third-order valence-electron chi connectivity index (χ3n) is 5.58. The molecule has 30 heavy (non-hydrogen) atoms. The van der Waals surface area contributed by atoms with Gasteiger partial charge in [0.25, 0.3) is 0 Å². The molecule has 0 atom stereocenters. The summed E-state index contributed by atoms with van der Waals surface area (Å²) in [6.07, 6.45) is 0.330. The summed E-state index contributed by atoms with van der Waals surface area (Å²) in [4.78, 5) is 16.8. The van der Waals surface area contributed by atoms with Crippen LogP contribution in [-0.2, 0) is 16.6 Å². The molecule has 2 aromatic heterocycles. The lowest BCUT2D eigenvalue weighted by Crippen LogP contribution is -2.60. The van der Waals surface area contributed by atoms with Crippen LogP contribution in [0.15, 0.2) is 36.4 Å². The van der Waals surface area contributed by atoms with E-state index in [1.54, 1.807) is 7.11 Å². The smallest absolute Gasteiger partial charge is 0.227 e. The van der Waals surface area contributed by atoms with Crippen LogP contribution >= 0.6 is 0 Å². The SMILES string of the molecule is COc1ccccc1CC(=O)N(C)C1CN(c2ccc3nnc(C(C)(C)C)n3n2)C1. The summed E-state index contributed by atoms with van der Waals surface area (Å²) in [5, 5.41) is 13.3. The van der Waals surface area contributed by atoms with Gasteiger partial charge in [-0.05, 0) is 18.2 Å². The van der Waals surface area contributed by atoms with Crippen LogP contribution in [0.2, 0.25) is 0 Å². The zero-order valence-corrected chi connectivity index (χ0v) is 18.2. The molecule has 0 spiro atoms. The number of hydrogen-bond acceptors (Lipinski definition) is 6. The number of fused-ring (bicyclic) bond motifs is 1. The Kier molecular flexibility index (Phi) is 5.09. The van der Waals surface area contributed by atoms with Crippen LogP contribution < -0.4 is 9.64 Å². The van der Waals surface area contributed by atoms with Crippen molar-refractivity contribution in [2.24, 2.45) is 0 Å². The number of methoxy groups -OCH3 is 1. The molecule has 1 aliphatic rings. The van der Waals surface area contributed by atoms with Gasteiger partial charge in [-0.1, -0.05) is 39.0 Å². The summed E-state index contributed by atoms with van der Waals surface area (Å²) in [7, 11) is 3.50. The molecule has 8 heteroatoms. The van der Waals surface area contributed by atoms with Crippen LogP contribution in [0.25, 0.3) is 5.65 Å². The maximum atomic E-state index is 12.8. The Morgan fingerprint density at radius 1 is 1.17 bits per heavy atom. The predicted octanol–water partition coefficient (Wildman–Crippen LogP) is 2.32. The van der Waals surface area contributed by atoms with Gasteiger partial charge in [-0.25, -0.2) is 0 Å². The number of nitrogens with zero attached hydrogens (tertiary/aromatic N) is 6. The number of ether oxygens (including phenoxy) is 1. The average Bonchev–Trinajstić information content (AvgIpc) is 3.11. The minimum atomic E-state index is -0.145. The van der Waals surface area contributed by atoms with Gasteiger partial charge in [-0.3, -0.25) is 4.79 Å². The fourth-order valence-electron chi connectivity index (χ4n) is 3.64. The third-order valence-corrected chi connectivity index (χ3v) is 5.58. The zero-order chi connectivity index (χ0) is 21.5. The van der Waals surface area contributed by atoms with Gasteiger partial charge in [0.05, 0.1) is 19.6 Å². The Morgan fingerprint density at radius 2 is 1.90 bits per heavy atom. The normalized spacial score (nSPS) is 14.6. The summed E-state index contributed by atoms with van der Waals surface area (Å²) >= 11 is 0. The topological polar surface area (TPSA) is 75.9 Å². The lowest BCUT2D eigenvalue weighted by molar-refractivity contribution is -0.131. The Bertz CT molecular complexity index is 1060. The summed E-state index contributed by atoms with van der Waals surface area (Å²) in [5.41, 5.74) is 1.50. The molecule has 0 bridgehead atoms. The van der Waals surface area contributed by atoms with Gasteiger partial charge in [0.15, 0.2) is 11.5 Å². The van der Waals surface area contributed by atoms with Crippen LogP contribution in [0.1, 0.15) is 32.2 Å². The first-order chi connectivity index (χ1) is 14.3. The lowest BCUT2D eigenvalue weighted by atomic mass is 9.96. The first kappa shape index (κ1) is 20.1. The highest BCUT2D eigenvalue weighted by Crippen LogP contribution is 2.25. The molecule has 8 nitrogen and oxygen atoms in total.